The van der Waals surface area contributed by atoms with E-state index in [9.17, 15) is 4.57 Å². The van der Waals surface area contributed by atoms with Crippen molar-refractivity contribution in [2.24, 2.45) is 0 Å². The van der Waals surface area contributed by atoms with Gasteiger partial charge in [-0.1, -0.05) is 60.5 Å². The SMILES string of the molecule is C.Cc1ccc(OP(=O)(Oc2ccc(C)cc2)Oc2ccc(C)cc2)cc1.[Ca+2].[H-].[H-]. The number of phosphoric ester groups is 1. The van der Waals surface area contributed by atoms with Gasteiger partial charge in [-0.2, -0.15) is 4.57 Å². The van der Waals surface area contributed by atoms with E-state index in [0.717, 1.165) is 16.7 Å². The molecule has 0 aromatic heterocycles. The van der Waals surface area contributed by atoms with Gasteiger partial charge in [0.05, 0.1) is 0 Å². The largest absolute Gasteiger partial charge is 2.00 e. The van der Waals surface area contributed by atoms with Crippen molar-refractivity contribution in [2.75, 3.05) is 0 Å². The fourth-order valence-corrected chi connectivity index (χ4v) is 3.49. The van der Waals surface area contributed by atoms with Crippen molar-refractivity contribution >= 4 is 45.6 Å². The van der Waals surface area contributed by atoms with Crippen molar-refractivity contribution in [3.8, 4) is 17.2 Å². The molecule has 0 saturated carbocycles. The summed E-state index contributed by atoms with van der Waals surface area (Å²) in [5.41, 5.74) is 3.23. The number of hydrogen-bond donors (Lipinski definition) is 0. The van der Waals surface area contributed by atoms with Crippen LogP contribution < -0.4 is 13.6 Å². The molecule has 0 unspecified atom stereocenters. The molecule has 0 N–H and O–H groups in total. The van der Waals surface area contributed by atoms with E-state index in [2.05, 4.69) is 0 Å². The number of hydrogen-bond acceptors (Lipinski definition) is 4. The monoisotopic (exact) mass is 426 g/mol. The molecule has 6 heteroatoms. The van der Waals surface area contributed by atoms with Crippen LogP contribution in [0.15, 0.2) is 72.8 Å². The third-order valence-electron chi connectivity index (χ3n) is 3.71. The van der Waals surface area contributed by atoms with Gasteiger partial charge in [-0.15, -0.1) is 0 Å². The maximum absolute atomic E-state index is 13.3. The van der Waals surface area contributed by atoms with Crippen LogP contribution in [0.1, 0.15) is 27.0 Å². The summed E-state index contributed by atoms with van der Waals surface area (Å²) in [5, 5.41) is 0. The molecule has 0 aliphatic rings. The standard InChI is InChI=1S/C21H21O4P.CH4.Ca.2H/c1-16-4-10-19(11-5-16)23-26(22,24-20-12-6-17(2)7-13-20)25-21-14-8-18(3)9-15-21;;;;/h4-15H,1-3H3;1H4;;;/q;;+2;2*-1. The van der Waals surface area contributed by atoms with Gasteiger partial charge in [0.25, 0.3) is 0 Å². The third kappa shape index (κ3) is 7.18. The first-order chi connectivity index (χ1) is 12.4. The first-order valence-electron chi connectivity index (χ1n) is 8.31. The fourth-order valence-electron chi connectivity index (χ4n) is 2.24. The van der Waals surface area contributed by atoms with E-state index in [0.29, 0.717) is 17.2 Å². The second-order valence-electron chi connectivity index (χ2n) is 6.16. The molecule has 3 aromatic rings. The van der Waals surface area contributed by atoms with Crippen molar-refractivity contribution in [1.29, 1.82) is 0 Å². The summed E-state index contributed by atoms with van der Waals surface area (Å²) >= 11 is 0. The van der Waals surface area contributed by atoms with Crippen LogP contribution in [0.4, 0.5) is 0 Å². The molecule has 0 aliphatic heterocycles. The van der Waals surface area contributed by atoms with Gasteiger partial charge in [-0.25, -0.2) is 0 Å². The van der Waals surface area contributed by atoms with Crippen LogP contribution >= 0.6 is 7.82 Å². The van der Waals surface area contributed by atoms with E-state index in [-0.39, 0.29) is 48.0 Å². The molecule has 3 rings (SSSR count). The number of benzene rings is 3. The first kappa shape index (κ1) is 24.6. The Bertz CT molecular complexity index is 795. The quantitative estimate of drug-likeness (QED) is 0.323. The first-order valence-corrected chi connectivity index (χ1v) is 9.77. The van der Waals surface area contributed by atoms with Crippen molar-refractivity contribution in [1.82, 2.24) is 0 Å². The molecule has 146 valence electrons. The molecule has 0 fully saturated rings. The number of rotatable bonds is 6. The molecule has 0 radical (unpaired) electrons. The summed E-state index contributed by atoms with van der Waals surface area (Å²) in [4.78, 5) is 0. The van der Waals surface area contributed by atoms with Gasteiger partial charge < -0.3 is 16.4 Å². The molecule has 0 saturated heterocycles. The molecule has 3 aromatic carbocycles. The van der Waals surface area contributed by atoms with E-state index < -0.39 is 7.82 Å². The normalized spacial score (nSPS) is 10.2. The summed E-state index contributed by atoms with van der Waals surface area (Å²) in [6, 6.07) is 21.6. The average molecular weight is 427 g/mol. The Morgan fingerprint density at radius 3 is 1.00 bits per heavy atom. The van der Waals surface area contributed by atoms with Crippen LogP contribution in [-0.2, 0) is 4.57 Å². The van der Waals surface area contributed by atoms with Crippen LogP contribution in [0, 0.1) is 20.8 Å². The van der Waals surface area contributed by atoms with Crippen molar-refractivity contribution in [3.63, 3.8) is 0 Å². The topological polar surface area (TPSA) is 44.8 Å². The van der Waals surface area contributed by atoms with Crippen LogP contribution in [0.3, 0.4) is 0 Å². The fraction of sp³-hybridized carbons (Fsp3) is 0.182. The van der Waals surface area contributed by atoms with Crippen LogP contribution in [0.25, 0.3) is 0 Å². The molecule has 0 amide bonds. The smallest absolute Gasteiger partial charge is 1.00 e. The molecule has 28 heavy (non-hydrogen) atoms. The zero-order chi connectivity index (χ0) is 18.6. The van der Waals surface area contributed by atoms with Gasteiger partial charge >= 0.3 is 45.6 Å². The maximum atomic E-state index is 13.3. The van der Waals surface area contributed by atoms with Crippen molar-refractivity contribution < 1.29 is 21.0 Å². The van der Waals surface area contributed by atoms with Crippen LogP contribution in [0.2, 0.25) is 0 Å². The molecule has 0 aliphatic carbocycles. The van der Waals surface area contributed by atoms with Gasteiger partial charge in [0.2, 0.25) is 0 Å². The molecule has 0 spiro atoms. The zero-order valence-electron chi connectivity index (χ0n) is 17.7. The summed E-state index contributed by atoms with van der Waals surface area (Å²) in [6.07, 6.45) is 0. The van der Waals surface area contributed by atoms with Gasteiger partial charge in [-0.3, -0.25) is 0 Å². The Labute approximate surface area is 200 Å². The second-order valence-corrected chi connectivity index (χ2v) is 7.60. The number of aryl methyl sites for hydroxylation is 3. The summed E-state index contributed by atoms with van der Waals surface area (Å²) < 4.78 is 30.2. The van der Waals surface area contributed by atoms with Gasteiger partial charge in [-0.05, 0) is 57.2 Å². The Morgan fingerprint density at radius 1 is 0.571 bits per heavy atom. The van der Waals surface area contributed by atoms with E-state index in [4.69, 9.17) is 13.6 Å². The van der Waals surface area contributed by atoms with E-state index >= 15 is 0 Å². The van der Waals surface area contributed by atoms with Gasteiger partial charge in [0.1, 0.15) is 17.2 Å². The van der Waals surface area contributed by atoms with Gasteiger partial charge in [0, 0.05) is 0 Å². The Balaban J connectivity index is 0. The van der Waals surface area contributed by atoms with Crippen LogP contribution in [0.5, 0.6) is 17.2 Å². The van der Waals surface area contributed by atoms with E-state index in [1.54, 1.807) is 36.4 Å². The predicted octanol–water partition coefficient (Wildman–Crippen LogP) is 6.74. The molecular weight excluding hydrogens is 399 g/mol. The molecular formula is C22H27CaO4P. The minimum absolute atomic E-state index is 0. The maximum Gasteiger partial charge on any atom is 2.00 e. The predicted molar refractivity (Wildman–Crippen MR) is 118 cm³/mol. The molecule has 0 atom stereocenters. The molecule has 0 heterocycles. The zero-order valence-corrected chi connectivity index (χ0v) is 18.8. The minimum Gasteiger partial charge on any atom is -1.00 e. The number of phosphoric acid groups is 1. The Hall–Kier alpha value is -1.45. The molecule has 0 bridgehead atoms. The van der Waals surface area contributed by atoms with Crippen LogP contribution in [-0.4, -0.2) is 37.7 Å². The third-order valence-corrected chi connectivity index (χ3v) is 5.02. The Morgan fingerprint density at radius 2 is 0.786 bits per heavy atom. The van der Waals surface area contributed by atoms with Crippen molar-refractivity contribution in [3.05, 3.63) is 89.5 Å². The Kier molecular flexibility index (Phi) is 9.59. The van der Waals surface area contributed by atoms with E-state index in [1.807, 2.05) is 57.2 Å². The summed E-state index contributed by atoms with van der Waals surface area (Å²) in [6.45, 7) is 5.90. The van der Waals surface area contributed by atoms with E-state index in [1.165, 1.54) is 0 Å². The second kappa shape index (κ2) is 10.9. The summed E-state index contributed by atoms with van der Waals surface area (Å²) in [5.74, 6) is 1.24. The minimum atomic E-state index is -3.93. The van der Waals surface area contributed by atoms with Crippen molar-refractivity contribution in [2.45, 2.75) is 28.2 Å². The summed E-state index contributed by atoms with van der Waals surface area (Å²) in [7, 11) is -3.93. The average Bonchev–Trinajstić information content (AvgIpc) is 2.61. The molecule has 4 nitrogen and oxygen atoms in total. The van der Waals surface area contributed by atoms with Gasteiger partial charge in [0.15, 0.2) is 0 Å².